The molecule has 0 saturated carbocycles. The van der Waals surface area contributed by atoms with Crippen molar-refractivity contribution in [3.8, 4) is 11.5 Å². The van der Waals surface area contributed by atoms with Gasteiger partial charge in [-0.05, 0) is 70.6 Å². The Labute approximate surface area is 227 Å². The average Bonchev–Trinajstić information content (AvgIpc) is 3.11. The van der Waals surface area contributed by atoms with Crippen molar-refractivity contribution in [3.63, 3.8) is 0 Å². The van der Waals surface area contributed by atoms with Gasteiger partial charge in [0, 0.05) is 5.56 Å². The van der Waals surface area contributed by atoms with Gasteiger partial charge >= 0.3 is 6.18 Å². The van der Waals surface area contributed by atoms with Gasteiger partial charge < -0.3 is 9.47 Å². The fourth-order valence-electron chi connectivity index (χ4n) is 3.39. The lowest BCUT2D eigenvalue weighted by atomic mass is 10.1. The van der Waals surface area contributed by atoms with Crippen LogP contribution in [0.3, 0.4) is 0 Å². The number of thioether (sulfide) groups is 1. The van der Waals surface area contributed by atoms with Crippen LogP contribution in [0.4, 0.5) is 23.2 Å². The summed E-state index contributed by atoms with van der Waals surface area (Å²) in [5.74, 6) is -0.128. The molecule has 3 aromatic carbocycles. The molecule has 1 amide bonds. The molecule has 0 aromatic heterocycles. The highest BCUT2D eigenvalue weighted by molar-refractivity contribution is 14.1. The summed E-state index contributed by atoms with van der Waals surface area (Å²) in [7, 11) is 1.46. The third-order valence-corrected chi connectivity index (χ3v) is 7.21. The highest BCUT2D eigenvalue weighted by atomic mass is 127. The molecule has 1 aliphatic rings. The van der Waals surface area contributed by atoms with Gasteiger partial charge in [-0.15, -0.1) is 0 Å². The van der Waals surface area contributed by atoms with Crippen molar-refractivity contribution in [2.75, 3.05) is 12.0 Å². The van der Waals surface area contributed by atoms with Crippen molar-refractivity contribution in [2.24, 2.45) is 0 Å². The predicted octanol–water partition coefficient (Wildman–Crippen LogP) is 7.44. The third-order valence-electron chi connectivity index (χ3n) is 5.10. The monoisotopic (exact) mass is 645 g/mol. The van der Waals surface area contributed by atoms with Crippen LogP contribution in [0.15, 0.2) is 65.6 Å². The number of ether oxygens (including phenoxy) is 2. The molecule has 3 aromatic rings. The Bertz CT molecular complexity index is 1380. The van der Waals surface area contributed by atoms with Crippen molar-refractivity contribution in [2.45, 2.75) is 12.8 Å². The van der Waals surface area contributed by atoms with Gasteiger partial charge in [0.15, 0.2) is 15.8 Å². The van der Waals surface area contributed by atoms with Crippen LogP contribution in [0.2, 0.25) is 0 Å². The van der Waals surface area contributed by atoms with E-state index in [0.717, 1.165) is 28.8 Å². The second kappa shape index (κ2) is 10.8. The maximum absolute atomic E-state index is 13.9. The standard InChI is InChI=1S/C25H16F4INO3S2/c1-33-20-10-14(9-19(30)22(20)34-13-15-5-2-3-8-18(15)26)11-21-23(32)31(24(35)36-21)17-7-4-6-16(12-17)25(27,28)29/h2-12H,13H2,1H3/b21-11-. The molecular formula is C25H16F4INO3S2. The lowest BCUT2D eigenvalue weighted by Gasteiger charge is -2.16. The molecule has 0 radical (unpaired) electrons. The summed E-state index contributed by atoms with van der Waals surface area (Å²) < 4.78 is 65.4. The lowest BCUT2D eigenvalue weighted by Crippen LogP contribution is -2.27. The van der Waals surface area contributed by atoms with Crippen molar-refractivity contribution in [1.82, 2.24) is 0 Å². The molecule has 1 heterocycles. The van der Waals surface area contributed by atoms with E-state index < -0.39 is 17.6 Å². The van der Waals surface area contributed by atoms with Gasteiger partial charge in [0.1, 0.15) is 12.4 Å². The highest BCUT2D eigenvalue weighted by Crippen LogP contribution is 2.40. The Hall–Kier alpha value is -2.64. The molecule has 0 N–H and O–H groups in total. The first-order valence-corrected chi connectivity index (χ1v) is 12.6. The zero-order valence-electron chi connectivity index (χ0n) is 18.4. The minimum atomic E-state index is -4.55. The smallest absolute Gasteiger partial charge is 0.416 e. The van der Waals surface area contributed by atoms with E-state index in [1.54, 1.807) is 36.4 Å². The molecule has 0 unspecified atom stereocenters. The van der Waals surface area contributed by atoms with E-state index in [9.17, 15) is 22.4 Å². The minimum absolute atomic E-state index is 0.00592. The first kappa shape index (κ1) is 26.4. The maximum Gasteiger partial charge on any atom is 0.416 e. The SMILES string of the molecule is COc1cc(/C=C2\SC(=S)N(c3cccc(C(F)(F)F)c3)C2=O)cc(I)c1OCc1ccccc1F. The number of carbonyl (C=O) groups excluding carboxylic acids is 1. The molecule has 36 heavy (non-hydrogen) atoms. The summed E-state index contributed by atoms with van der Waals surface area (Å²) in [6, 6.07) is 14.1. The number of alkyl halides is 3. The molecule has 0 aliphatic carbocycles. The molecule has 0 atom stereocenters. The Morgan fingerprint density at radius 3 is 2.56 bits per heavy atom. The average molecular weight is 645 g/mol. The van der Waals surface area contributed by atoms with Gasteiger partial charge in [0.2, 0.25) is 0 Å². The van der Waals surface area contributed by atoms with Gasteiger partial charge in [-0.2, -0.15) is 13.2 Å². The molecule has 4 nitrogen and oxygen atoms in total. The van der Waals surface area contributed by atoms with Crippen LogP contribution < -0.4 is 14.4 Å². The molecule has 186 valence electrons. The summed E-state index contributed by atoms with van der Waals surface area (Å²) in [6.07, 6.45) is -2.96. The Morgan fingerprint density at radius 2 is 1.86 bits per heavy atom. The van der Waals surface area contributed by atoms with E-state index >= 15 is 0 Å². The summed E-state index contributed by atoms with van der Waals surface area (Å²) in [6.45, 7) is -0.00592. The Balaban J connectivity index is 1.59. The zero-order chi connectivity index (χ0) is 26.0. The van der Waals surface area contributed by atoms with Gasteiger partial charge in [-0.25, -0.2) is 4.39 Å². The van der Waals surface area contributed by atoms with E-state index in [2.05, 4.69) is 0 Å². The second-order valence-corrected chi connectivity index (χ2v) is 10.3. The molecule has 1 saturated heterocycles. The maximum atomic E-state index is 13.9. The van der Waals surface area contributed by atoms with Crippen LogP contribution in [0.5, 0.6) is 11.5 Å². The molecule has 11 heteroatoms. The minimum Gasteiger partial charge on any atom is -0.493 e. The fourth-order valence-corrected chi connectivity index (χ4v) is 5.47. The summed E-state index contributed by atoms with van der Waals surface area (Å²) >= 11 is 8.32. The van der Waals surface area contributed by atoms with Crippen LogP contribution in [0.25, 0.3) is 6.08 Å². The van der Waals surface area contributed by atoms with Crippen molar-refractivity contribution in [3.05, 3.63) is 91.6 Å². The normalized spacial score (nSPS) is 15.1. The number of methoxy groups -OCH3 is 1. The van der Waals surface area contributed by atoms with E-state index in [1.807, 2.05) is 22.6 Å². The molecule has 4 rings (SSSR count). The quantitative estimate of drug-likeness (QED) is 0.121. The first-order valence-electron chi connectivity index (χ1n) is 10.3. The Morgan fingerprint density at radius 1 is 1.11 bits per heavy atom. The summed E-state index contributed by atoms with van der Waals surface area (Å²) in [4.78, 5) is 14.4. The van der Waals surface area contributed by atoms with Crippen LogP contribution in [-0.4, -0.2) is 17.3 Å². The predicted molar refractivity (Wildman–Crippen MR) is 144 cm³/mol. The van der Waals surface area contributed by atoms with Crippen molar-refractivity contribution < 1.29 is 31.8 Å². The molecular weight excluding hydrogens is 629 g/mol. The zero-order valence-corrected chi connectivity index (χ0v) is 22.2. The fraction of sp³-hybridized carbons (Fsp3) is 0.120. The molecule has 0 bridgehead atoms. The van der Waals surface area contributed by atoms with E-state index in [-0.39, 0.29) is 27.3 Å². The summed E-state index contributed by atoms with van der Waals surface area (Å²) in [5.41, 5.74) is 0.153. The molecule has 1 fully saturated rings. The van der Waals surface area contributed by atoms with Gasteiger partial charge in [-0.3, -0.25) is 9.69 Å². The van der Waals surface area contributed by atoms with E-state index in [4.69, 9.17) is 21.7 Å². The molecule has 0 spiro atoms. The van der Waals surface area contributed by atoms with Crippen LogP contribution in [0, 0.1) is 9.39 Å². The second-order valence-electron chi connectivity index (χ2n) is 7.48. The number of halogens is 5. The number of rotatable bonds is 6. The van der Waals surface area contributed by atoms with Gasteiger partial charge in [-0.1, -0.05) is 48.2 Å². The highest BCUT2D eigenvalue weighted by Gasteiger charge is 2.36. The topological polar surface area (TPSA) is 38.8 Å². The first-order chi connectivity index (χ1) is 17.1. The third kappa shape index (κ3) is 5.68. The number of carbonyl (C=O) groups is 1. The lowest BCUT2D eigenvalue weighted by molar-refractivity contribution is -0.137. The number of hydrogen-bond acceptors (Lipinski definition) is 5. The number of hydrogen-bond donors (Lipinski definition) is 0. The number of thiocarbonyl (C=S) groups is 1. The van der Waals surface area contributed by atoms with E-state index in [1.165, 1.54) is 25.3 Å². The van der Waals surface area contributed by atoms with Gasteiger partial charge in [0.05, 0.1) is 26.8 Å². The number of anilines is 1. The van der Waals surface area contributed by atoms with Crippen LogP contribution in [0.1, 0.15) is 16.7 Å². The van der Waals surface area contributed by atoms with Crippen molar-refractivity contribution >= 4 is 68.6 Å². The Kier molecular flexibility index (Phi) is 7.90. The van der Waals surface area contributed by atoms with Crippen molar-refractivity contribution in [1.29, 1.82) is 0 Å². The number of nitrogens with zero attached hydrogens (tertiary/aromatic N) is 1. The number of benzene rings is 3. The summed E-state index contributed by atoms with van der Waals surface area (Å²) in [5, 5.41) is 0. The molecule has 1 aliphatic heterocycles. The van der Waals surface area contributed by atoms with Crippen LogP contribution in [-0.2, 0) is 17.6 Å². The van der Waals surface area contributed by atoms with Crippen LogP contribution >= 0.6 is 46.6 Å². The van der Waals surface area contributed by atoms with E-state index in [0.29, 0.717) is 26.2 Å². The number of amides is 1. The largest absolute Gasteiger partial charge is 0.493 e. The van der Waals surface area contributed by atoms with Gasteiger partial charge in [0.25, 0.3) is 5.91 Å².